The van der Waals surface area contributed by atoms with Gasteiger partial charge >= 0.3 is 11.6 Å². The van der Waals surface area contributed by atoms with Crippen LogP contribution in [0.5, 0.6) is 0 Å². The summed E-state index contributed by atoms with van der Waals surface area (Å²) in [6, 6.07) is 6.87. The van der Waals surface area contributed by atoms with Gasteiger partial charge in [0.15, 0.2) is 9.84 Å². The van der Waals surface area contributed by atoms with Crippen LogP contribution in [0, 0.1) is 6.92 Å². The molecule has 0 N–H and O–H groups in total. The van der Waals surface area contributed by atoms with Crippen LogP contribution in [0.25, 0.3) is 0 Å². The third-order valence-corrected chi connectivity index (χ3v) is 2.53. The molecule has 1 aromatic rings. The van der Waals surface area contributed by atoms with E-state index in [9.17, 15) is 8.42 Å². The Morgan fingerprint density at radius 3 is 2.00 bits per heavy atom. The summed E-state index contributed by atoms with van der Waals surface area (Å²) in [5.41, 5.74) is 0.966. The molecule has 0 aliphatic heterocycles. The third-order valence-electron chi connectivity index (χ3n) is 1.42. The highest BCUT2D eigenvalue weighted by atomic mass is 32.2. The Labute approximate surface area is 86.5 Å². The average molecular weight is 234 g/mol. The van der Waals surface area contributed by atoms with Crippen molar-refractivity contribution in [2.24, 2.45) is 0 Å². The Balaban J connectivity index is 0.000000500. The van der Waals surface area contributed by atoms with Crippen LogP contribution in [-0.2, 0) is 21.4 Å². The molecule has 14 heavy (non-hydrogen) atoms. The van der Waals surface area contributed by atoms with Crippen molar-refractivity contribution in [2.45, 2.75) is 11.8 Å². The average Bonchev–Trinajstić information content (AvgIpc) is 2.04. The summed E-state index contributed by atoms with van der Waals surface area (Å²) in [6.45, 7) is 1.87. The maximum Gasteiger partial charge on any atom is 0.335 e. The number of benzene rings is 1. The molecular weight excluding hydrogens is 224 g/mol. The number of sulfone groups is 1. The van der Waals surface area contributed by atoms with Gasteiger partial charge in [-0.25, -0.2) is 8.42 Å². The van der Waals surface area contributed by atoms with Crippen molar-refractivity contribution in [1.29, 1.82) is 0 Å². The predicted octanol–water partition coefficient (Wildman–Crippen LogP) is 0.728. The molecular formula is C8H10O4S2. The number of aryl methyl sites for hydroxylation is 1. The summed E-state index contributed by atoms with van der Waals surface area (Å²) >= 11 is -0.750. The zero-order valence-electron chi connectivity index (χ0n) is 7.76. The summed E-state index contributed by atoms with van der Waals surface area (Å²) < 4.78 is 38.6. The highest BCUT2D eigenvalue weighted by Gasteiger charge is 2.04. The summed E-state index contributed by atoms with van der Waals surface area (Å²) in [5.74, 6) is 0. The van der Waals surface area contributed by atoms with E-state index in [1.807, 2.05) is 13.0 Å². The van der Waals surface area contributed by atoms with Crippen LogP contribution in [0.1, 0.15) is 5.56 Å². The summed E-state index contributed by atoms with van der Waals surface area (Å²) in [6.07, 6.45) is 1.21. The van der Waals surface area contributed by atoms with Crippen LogP contribution in [0.15, 0.2) is 29.2 Å². The SMILES string of the molecule is Cc1cccc(S(C)(=O)=O)c1.O=S=O. The molecule has 0 saturated carbocycles. The maximum atomic E-state index is 11.0. The van der Waals surface area contributed by atoms with Gasteiger partial charge in [-0.05, 0) is 24.6 Å². The van der Waals surface area contributed by atoms with Gasteiger partial charge in [-0.2, -0.15) is 8.42 Å². The van der Waals surface area contributed by atoms with Gasteiger partial charge in [0.1, 0.15) is 0 Å². The molecule has 1 rings (SSSR count). The van der Waals surface area contributed by atoms with Crippen LogP contribution >= 0.6 is 0 Å². The number of hydrogen-bond acceptors (Lipinski definition) is 4. The second-order valence-corrected chi connectivity index (χ2v) is 4.81. The van der Waals surface area contributed by atoms with Gasteiger partial charge in [-0.15, -0.1) is 0 Å². The zero-order chi connectivity index (χ0) is 11.2. The van der Waals surface area contributed by atoms with E-state index in [0.717, 1.165) is 5.56 Å². The lowest BCUT2D eigenvalue weighted by molar-refractivity contribution is 0.601. The Bertz CT molecular complexity index is 430. The molecule has 0 heterocycles. The Kier molecular flexibility index (Phi) is 5.26. The Hall–Kier alpha value is -1.01. The third kappa shape index (κ3) is 4.88. The molecule has 0 saturated heterocycles. The van der Waals surface area contributed by atoms with E-state index in [0.29, 0.717) is 4.90 Å². The van der Waals surface area contributed by atoms with Crippen molar-refractivity contribution in [2.75, 3.05) is 6.26 Å². The number of rotatable bonds is 1. The Morgan fingerprint density at radius 2 is 1.71 bits per heavy atom. The minimum absolute atomic E-state index is 0.387. The molecule has 0 unspecified atom stereocenters. The lowest BCUT2D eigenvalue weighted by Crippen LogP contribution is -1.96. The van der Waals surface area contributed by atoms with Crippen molar-refractivity contribution in [3.8, 4) is 0 Å². The minimum atomic E-state index is -3.03. The molecule has 4 nitrogen and oxygen atoms in total. The fourth-order valence-corrected chi connectivity index (χ4v) is 1.57. The molecule has 0 aromatic heterocycles. The fraction of sp³-hybridized carbons (Fsp3) is 0.250. The minimum Gasteiger partial charge on any atom is -0.224 e. The fourth-order valence-electron chi connectivity index (χ4n) is 0.846. The van der Waals surface area contributed by atoms with E-state index < -0.39 is 21.4 Å². The largest absolute Gasteiger partial charge is 0.335 e. The highest BCUT2D eigenvalue weighted by Crippen LogP contribution is 2.09. The van der Waals surface area contributed by atoms with E-state index >= 15 is 0 Å². The topological polar surface area (TPSA) is 68.3 Å². The molecule has 0 atom stereocenters. The molecule has 0 fully saturated rings. The number of hydrogen-bond donors (Lipinski definition) is 0. The Morgan fingerprint density at radius 1 is 1.21 bits per heavy atom. The van der Waals surface area contributed by atoms with E-state index in [-0.39, 0.29) is 0 Å². The van der Waals surface area contributed by atoms with Gasteiger partial charge in [0.2, 0.25) is 0 Å². The van der Waals surface area contributed by atoms with Gasteiger partial charge in [0.25, 0.3) is 0 Å². The summed E-state index contributed by atoms with van der Waals surface area (Å²) in [7, 11) is -3.03. The highest BCUT2D eigenvalue weighted by molar-refractivity contribution is 7.90. The molecule has 0 aliphatic carbocycles. The molecule has 6 heteroatoms. The second-order valence-electron chi connectivity index (χ2n) is 2.66. The molecule has 0 aliphatic rings. The van der Waals surface area contributed by atoms with E-state index in [4.69, 9.17) is 8.42 Å². The summed E-state index contributed by atoms with van der Waals surface area (Å²) in [5, 5.41) is 0. The van der Waals surface area contributed by atoms with Gasteiger partial charge in [0.05, 0.1) is 4.90 Å². The van der Waals surface area contributed by atoms with E-state index in [1.54, 1.807) is 18.2 Å². The van der Waals surface area contributed by atoms with Crippen molar-refractivity contribution in [3.05, 3.63) is 29.8 Å². The molecule has 78 valence electrons. The van der Waals surface area contributed by atoms with Crippen molar-refractivity contribution in [1.82, 2.24) is 0 Å². The standard InChI is InChI=1S/C8H10O2S.O2S/c1-7-4-3-5-8(6-7)11(2,9)10;1-3-2/h3-6H,1-2H3;. The van der Waals surface area contributed by atoms with Crippen LogP contribution in [0.4, 0.5) is 0 Å². The molecule has 1 aromatic carbocycles. The first-order chi connectivity index (χ1) is 6.41. The predicted molar refractivity (Wildman–Crippen MR) is 53.2 cm³/mol. The van der Waals surface area contributed by atoms with E-state index in [1.165, 1.54) is 6.26 Å². The lowest BCUT2D eigenvalue weighted by Gasteiger charge is -1.97. The van der Waals surface area contributed by atoms with E-state index in [2.05, 4.69) is 0 Å². The smallest absolute Gasteiger partial charge is 0.224 e. The van der Waals surface area contributed by atoms with Crippen LogP contribution < -0.4 is 0 Å². The quantitative estimate of drug-likeness (QED) is 0.718. The first-order valence-corrected chi connectivity index (χ1v) is 6.16. The summed E-state index contributed by atoms with van der Waals surface area (Å²) in [4.78, 5) is 0.387. The van der Waals surface area contributed by atoms with Crippen molar-refractivity contribution >= 4 is 21.4 Å². The van der Waals surface area contributed by atoms with Crippen LogP contribution in [-0.4, -0.2) is 23.1 Å². The normalized spacial score (nSPS) is 9.86. The zero-order valence-corrected chi connectivity index (χ0v) is 9.39. The maximum absolute atomic E-state index is 11.0. The van der Waals surface area contributed by atoms with Crippen LogP contribution in [0.3, 0.4) is 0 Å². The van der Waals surface area contributed by atoms with Crippen molar-refractivity contribution in [3.63, 3.8) is 0 Å². The first-order valence-electron chi connectivity index (χ1n) is 3.60. The van der Waals surface area contributed by atoms with Crippen LogP contribution in [0.2, 0.25) is 0 Å². The van der Waals surface area contributed by atoms with Gasteiger partial charge in [0, 0.05) is 6.26 Å². The lowest BCUT2D eigenvalue weighted by atomic mass is 10.2. The molecule has 0 radical (unpaired) electrons. The molecule has 0 spiro atoms. The molecule has 0 bridgehead atoms. The monoisotopic (exact) mass is 234 g/mol. The second kappa shape index (κ2) is 5.66. The van der Waals surface area contributed by atoms with Gasteiger partial charge in [-0.1, -0.05) is 12.1 Å². The van der Waals surface area contributed by atoms with Crippen molar-refractivity contribution < 1.29 is 16.8 Å². The van der Waals surface area contributed by atoms with Gasteiger partial charge < -0.3 is 0 Å². The van der Waals surface area contributed by atoms with Gasteiger partial charge in [-0.3, -0.25) is 0 Å². The molecule has 0 amide bonds. The first kappa shape index (κ1) is 13.0.